The van der Waals surface area contributed by atoms with Crippen LogP contribution in [0.3, 0.4) is 0 Å². The van der Waals surface area contributed by atoms with Crippen molar-refractivity contribution in [2.45, 2.75) is 52.7 Å². The zero-order chi connectivity index (χ0) is 12.7. The van der Waals surface area contributed by atoms with Gasteiger partial charge < -0.3 is 5.32 Å². The fourth-order valence-electron chi connectivity index (χ4n) is 1.95. The van der Waals surface area contributed by atoms with Crippen molar-refractivity contribution in [1.82, 2.24) is 10.2 Å². The lowest BCUT2D eigenvalue weighted by Gasteiger charge is -2.27. The minimum Gasteiger partial charge on any atom is -0.314 e. The van der Waals surface area contributed by atoms with Crippen LogP contribution in [0.25, 0.3) is 0 Å². The monoisotopic (exact) mass is 254 g/mol. The topological polar surface area (TPSA) is 15.3 Å². The fraction of sp³-hybridized carbons (Fsp3) is 0.714. The standard InChI is InChI=1S/C14H26N2S/c1-5-16(11-14-7-6-10-17-14)13(4)8-9-15-12(2)3/h6-7,10,12-13,15H,5,8-9,11H2,1-4H3. The van der Waals surface area contributed by atoms with Gasteiger partial charge in [-0.1, -0.05) is 26.8 Å². The van der Waals surface area contributed by atoms with Crippen molar-refractivity contribution in [3.63, 3.8) is 0 Å². The molecule has 0 aromatic carbocycles. The minimum atomic E-state index is 0.592. The van der Waals surface area contributed by atoms with Crippen molar-refractivity contribution in [3.05, 3.63) is 22.4 Å². The molecule has 0 aliphatic rings. The third kappa shape index (κ3) is 5.66. The van der Waals surface area contributed by atoms with Crippen LogP contribution in [-0.2, 0) is 6.54 Å². The number of hydrogen-bond acceptors (Lipinski definition) is 3. The molecule has 0 bridgehead atoms. The van der Waals surface area contributed by atoms with Crippen LogP contribution >= 0.6 is 11.3 Å². The second kappa shape index (κ2) is 7.85. The van der Waals surface area contributed by atoms with Crippen molar-refractivity contribution < 1.29 is 0 Å². The predicted octanol–water partition coefficient (Wildman–Crippen LogP) is 3.35. The van der Waals surface area contributed by atoms with E-state index in [0.29, 0.717) is 12.1 Å². The Morgan fingerprint density at radius 2 is 2.12 bits per heavy atom. The molecular weight excluding hydrogens is 228 g/mol. The minimum absolute atomic E-state index is 0.592. The van der Waals surface area contributed by atoms with Crippen LogP contribution in [0, 0.1) is 0 Å². The van der Waals surface area contributed by atoms with E-state index in [9.17, 15) is 0 Å². The van der Waals surface area contributed by atoms with Crippen LogP contribution in [0.15, 0.2) is 17.5 Å². The number of rotatable bonds is 8. The highest BCUT2D eigenvalue weighted by atomic mass is 32.1. The SMILES string of the molecule is CCN(Cc1cccs1)C(C)CCNC(C)C. The molecule has 0 radical (unpaired) electrons. The Hall–Kier alpha value is -0.380. The van der Waals surface area contributed by atoms with Crippen molar-refractivity contribution in [3.8, 4) is 0 Å². The molecule has 1 N–H and O–H groups in total. The van der Waals surface area contributed by atoms with Gasteiger partial charge in [0.2, 0.25) is 0 Å². The van der Waals surface area contributed by atoms with Crippen LogP contribution in [0.4, 0.5) is 0 Å². The van der Waals surface area contributed by atoms with Gasteiger partial charge in [0, 0.05) is 23.5 Å². The molecular formula is C14H26N2S. The molecule has 0 amide bonds. The van der Waals surface area contributed by atoms with E-state index in [0.717, 1.165) is 19.6 Å². The molecule has 0 saturated carbocycles. The Morgan fingerprint density at radius 3 is 2.65 bits per heavy atom. The predicted molar refractivity (Wildman–Crippen MR) is 77.6 cm³/mol. The molecule has 0 fully saturated rings. The Bertz CT molecular complexity index is 282. The van der Waals surface area contributed by atoms with E-state index in [1.807, 2.05) is 11.3 Å². The van der Waals surface area contributed by atoms with Gasteiger partial charge in [-0.25, -0.2) is 0 Å². The first kappa shape index (κ1) is 14.7. The van der Waals surface area contributed by atoms with Crippen molar-refractivity contribution in [2.24, 2.45) is 0 Å². The second-order valence-corrected chi connectivity index (χ2v) is 5.92. The number of hydrogen-bond donors (Lipinski definition) is 1. The van der Waals surface area contributed by atoms with Gasteiger partial charge in [-0.05, 0) is 37.9 Å². The molecule has 0 aliphatic heterocycles. The lowest BCUT2D eigenvalue weighted by atomic mass is 10.2. The van der Waals surface area contributed by atoms with Gasteiger partial charge in [-0.2, -0.15) is 0 Å². The summed E-state index contributed by atoms with van der Waals surface area (Å²) in [5.41, 5.74) is 0. The Kier molecular flexibility index (Phi) is 6.78. The maximum Gasteiger partial charge on any atom is 0.0330 e. The average molecular weight is 254 g/mol. The number of thiophene rings is 1. The summed E-state index contributed by atoms with van der Waals surface area (Å²) in [7, 11) is 0. The highest BCUT2D eigenvalue weighted by molar-refractivity contribution is 7.09. The van der Waals surface area contributed by atoms with Crippen LogP contribution < -0.4 is 5.32 Å². The molecule has 17 heavy (non-hydrogen) atoms. The molecule has 1 atom stereocenters. The molecule has 1 unspecified atom stereocenters. The smallest absolute Gasteiger partial charge is 0.0330 e. The molecule has 0 aliphatic carbocycles. The Morgan fingerprint density at radius 1 is 1.35 bits per heavy atom. The quantitative estimate of drug-likeness (QED) is 0.765. The largest absolute Gasteiger partial charge is 0.314 e. The number of nitrogens with one attached hydrogen (secondary N) is 1. The van der Waals surface area contributed by atoms with Crippen LogP contribution in [0.2, 0.25) is 0 Å². The molecule has 0 saturated heterocycles. The first-order valence-corrected chi connectivity index (χ1v) is 7.51. The molecule has 3 heteroatoms. The summed E-state index contributed by atoms with van der Waals surface area (Å²) >= 11 is 1.86. The van der Waals surface area contributed by atoms with E-state index in [1.54, 1.807) is 0 Å². The lowest BCUT2D eigenvalue weighted by molar-refractivity contribution is 0.201. The summed E-state index contributed by atoms with van der Waals surface area (Å²) in [6.07, 6.45) is 1.22. The second-order valence-electron chi connectivity index (χ2n) is 4.89. The summed E-state index contributed by atoms with van der Waals surface area (Å²) in [5, 5.41) is 5.65. The van der Waals surface area contributed by atoms with Gasteiger partial charge in [0.15, 0.2) is 0 Å². The maximum atomic E-state index is 3.49. The highest BCUT2D eigenvalue weighted by Crippen LogP contribution is 2.14. The molecule has 98 valence electrons. The first-order valence-electron chi connectivity index (χ1n) is 6.63. The van der Waals surface area contributed by atoms with Gasteiger partial charge in [0.05, 0.1) is 0 Å². The van der Waals surface area contributed by atoms with E-state index in [2.05, 4.69) is 55.4 Å². The molecule has 2 nitrogen and oxygen atoms in total. The fourth-order valence-corrected chi connectivity index (χ4v) is 2.67. The van der Waals surface area contributed by atoms with Crippen LogP contribution in [0.1, 0.15) is 39.0 Å². The van der Waals surface area contributed by atoms with Crippen LogP contribution in [0.5, 0.6) is 0 Å². The van der Waals surface area contributed by atoms with Gasteiger partial charge in [0.25, 0.3) is 0 Å². The Balaban J connectivity index is 2.33. The average Bonchev–Trinajstić information content (AvgIpc) is 2.77. The van der Waals surface area contributed by atoms with Crippen molar-refractivity contribution >= 4 is 11.3 Å². The Labute approximate surface area is 110 Å². The van der Waals surface area contributed by atoms with E-state index in [4.69, 9.17) is 0 Å². The van der Waals surface area contributed by atoms with Gasteiger partial charge in [-0.15, -0.1) is 11.3 Å². The van der Waals surface area contributed by atoms with Gasteiger partial charge in [-0.3, -0.25) is 4.90 Å². The third-order valence-electron chi connectivity index (χ3n) is 3.08. The zero-order valence-electron chi connectivity index (χ0n) is 11.6. The first-order chi connectivity index (χ1) is 8.13. The molecule has 0 spiro atoms. The molecule has 1 rings (SSSR count). The molecule has 1 aromatic heterocycles. The maximum absolute atomic E-state index is 3.49. The van der Waals surface area contributed by atoms with Crippen molar-refractivity contribution in [2.75, 3.05) is 13.1 Å². The summed E-state index contributed by atoms with van der Waals surface area (Å²) in [4.78, 5) is 4.02. The van der Waals surface area contributed by atoms with Gasteiger partial charge in [0.1, 0.15) is 0 Å². The highest BCUT2D eigenvalue weighted by Gasteiger charge is 2.12. The van der Waals surface area contributed by atoms with E-state index in [-0.39, 0.29) is 0 Å². The van der Waals surface area contributed by atoms with Crippen molar-refractivity contribution in [1.29, 1.82) is 0 Å². The molecule has 1 heterocycles. The summed E-state index contributed by atoms with van der Waals surface area (Å²) in [5.74, 6) is 0. The lowest BCUT2D eigenvalue weighted by Crippen LogP contribution is -2.35. The van der Waals surface area contributed by atoms with E-state index in [1.165, 1.54) is 11.3 Å². The normalized spacial score (nSPS) is 13.5. The number of nitrogens with zero attached hydrogens (tertiary/aromatic N) is 1. The zero-order valence-corrected chi connectivity index (χ0v) is 12.4. The molecule has 1 aromatic rings. The third-order valence-corrected chi connectivity index (χ3v) is 3.94. The van der Waals surface area contributed by atoms with E-state index < -0.39 is 0 Å². The summed E-state index contributed by atoms with van der Waals surface area (Å²) in [6, 6.07) is 5.61. The van der Waals surface area contributed by atoms with Crippen LogP contribution in [-0.4, -0.2) is 30.1 Å². The summed E-state index contributed by atoms with van der Waals surface area (Å²) in [6.45, 7) is 12.3. The summed E-state index contributed by atoms with van der Waals surface area (Å²) < 4.78 is 0. The van der Waals surface area contributed by atoms with E-state index >= 15 is 0 Å². The van der Waals surface area contributed by atoms with Gasteiger partial charge >= 0.3 is 0 Å².